The molecule has 1 saturated heterocycles. The quantitative estimate of drug-likeness (QED) is 0.755. The van der Waals surface area contributed by atoms with E-state index in [1.807, 2.05) is 0 Å². The fraction of sp³-hybridized carbons (Fsp3) is 0.929. The molecule has 1 aliphatic heterocycles. The van der Waals surface area contributed by atoms with Gasteiger partial charge in [-0.1, -0.05) is 19.8 Å². The SMILES string of the molecule is CCC1CC(NCC2CCC2)CN(CC(=O)O)C1. The van der Waals surface area contributed by atoms with Crippen molar-refractivity contribution in [3.63, 3.8) is 0 Å². The molecule has 4 heteroatoms. The van der Waals surface area contributed by atoms with Crippen molar-refractivity contribution in [2.24, 2.45) is 11.8 Å². The van der Waals surface area contributed by atoms with E-state index < -0.39 is 5.97 Å². The number of carboxylic acids is 1. The molecule has 0 aromatic heterocycles. The van der Waals surface area contributed by atoms with Crippen LogP contribution in [0.25, 0.3) is 0 Å². The maximum absolute atomic E-state index is 10.8. The Morgan fingerprint density at radius 2 is 2.11 bits per heavy atom. The van der Waals surface area contributed by atoms with Crippen LogP contribution in [0.3, 0.4) is 0 Å². The predicted octanol–water partition coefficient (Wildman–Crippen LogP) is 1.56. The number of nitrogens with one attached hydrogen (secondary N) is 1. The Morgan fingerprint density at radius 3 is 2.67 bits per heavy atom. The van der Waals surface area contributed by atoms with Gasteiger partial charge in [-0.15, -0.1) is 0 Å². The van der Waals surface area contributed by atoms with Crippen LogP contribution in [0.5, 0.6) is 0 Å². The minimum absolute atomic E-state index is 0.193. The Kier molecular flexibility index (Phi) is 5.01. The summed E-state index contributed by atoms with van der Waals surface area (Å²) in [7, 11) is 0. The first-order valence-electron chi connectivity index (χ1n) is 7.35. The summed E-state index contributed by atoms with van der Waals surface area (Å²) in [5.41, 5.74) is 0. The third kappa shape index (κ3) is 3.95. The highest BCUT2D eigenvalue weighted by molar-refractivity contribution is 5.69. The first-order chi connectivity index (χ1) is 8.67. The second kappa shape index (κ2) is 6.53. The van der Waals surface area contributed by atoms with Gasteiger partial charge in [0, 0.05) is 19.1 Å². The second-order valence-corrected chi connectivity index (χ2v) is 6.00. The molecule has 0 bridgehead atoms. The molecule has 1 heterocycles. The third-order valence-electron chi connectivity index (χ3n) is 4.47. The molecule has 1 saturated carbocycles. The van der Waals surface area contributed by atoms with E-state index >= 15 is 0 Å². The molecule has 0 aromatic carbocycles. The molecule has 4 nitrogen and oxygen atoms in total. The van der Waals surface area contributed by atoms with Gasteiger partial charge in [0.25, 0.3) is 0 Å². The first-order valence-corrected chi connectivity index (χ1v) is 7.35. The van der Waals surface area contributed by atoms with Crippen molar-refractivity contribution in [1.29, 1.82) is 0 Å². The van der Waals surface area contributed by atoms with Crippen LogP contribution in [-0.2, 0) is 4.79 Å². The summed E-state index contributed by atoms with van der Waals surface area (Å²) in [6, 6.07) is 0.489. The summed E-state index contributed by atoms with van der Waals surface area (Å²) < 4.78 is 0. The van der Waals surface area contributed by atoms with Crippen LogP contribution in [0.1, 0.15) is 39.0 Å². The average Bonchev–Trinajstić information content (AvgIpc) is 2.25. The van der Waals surface area contributed by atoms with Crippen LogP contribution in [0.15, 0.2) is 0 Å². The van der Waals surface area contributed by atoms with E-state index in [1.54, 1.807) is 0 Å². The molecule has 104 valence electrons. The molecular formula is C14H26N2O2. The van der Waals surface area contributed by atoms with Crippen molar-refractivity contribution < 1.29 is 9.90 Å². The van der Waals surface area contributed by atoms with Crippen LogP contribution >= 0.6 is 0 Å². The monoisotopic (exact) mass is 254 g/mol. The Morgan fingerprint density at radius 1 is 1.33 bits per heavy atom. The maximum Gasteiger partial charge on any atom is 0.317 e. The lowest BCUT2D eigenvalue weighted by atomic mass is 9.85. The van der Waals surface area contributed by atoms with Gasteiger partial charge >= 0.3 is 5.97 Å². The summed E-state index contributed by atoms with van der Waals surface area (Å²) in [6.45, 7) is 5.37. The number of carboxylic acid groups (broad SMARTS) is 1. The molecule has 2 fully saturated rings. The molecule has 2 atom stereocenters. The number of nitrogens with zero attached hydrogens (tertiary/aromatic N) is 1. The van der Waals surface area contributed by atoms with Crippen molar-refractivity contribution in [2.45, 2.75) is 45.1 Å². The zero-order valence-corrected chi connectivity index (χ0v) is 11.4. The number of aliphatic carboxylic acids is 1. The van der Waals surface area contributed by atoms with Crippen LogP contribution in [0, 0.1) is 11.8 Å². The highest BCUT2D eigenvalue weighted by Crippen LogP contribution is 2.26. The van der Waals surface area contributed by atoms with E-state index in [0.29, 0.717) is 12.0 Å². The Labute approximate surface area is 110 Å². The van der Waals surface area contributed by atoms with E-state index in [4.69, 9.17) is 5.11 Å². The number of hydrogen-bond donors (Lipinski definition) is 2. The van der Waals surface area contributed by atoms with E-state index in [-0.39, 0.29) is 6.54 Å². The van der Waals surface area contributed by atoms with Gasteiger partial charge in [-0.25, -0.2) is 0 Å². The normalized spacial score (nSPS) is 30.1. The van der Waals surface area contributed by atoms with E-state index in [9.17, 15) is 4.79 Å². The zero-order chi connectivity index (χ0) is 13.0. The molecule has 0 aromatic rings. The van der Waals surface area contributed by atoms with Crippen LogP contribution in [0.4, 0.5) is 0 Å². The van der Waals surface area contributed by atoms with Crippen molar-refractivity contribution in [1.82, 2.24) is 10.2 Å². The lowest BCUT2D eigenvalue weighted by Gasteiger charge is -2.38. The largest absolute Gasteiger partial charge is 0.480 e. The van der Waals surface area contributed by atoms with Crippen LogP contribution < -0.4 is 5.32 Å². The Hall–Kier alpha value is -0.610. The molecule has 2 unspecified atom stereocenters. The number of rotatable bonds is 6. The topological polar surface area (TPSA) is 52.6 Å². The molecule has 2 aliphatic rings. The molecule has 1 aliphatic carbocycles. The number of piperidine rings is 1. The number of hydrogen-bond acceptors (Lipinski definition) is 3. The van der Waals surface area contributed by atoms with Crippen molar-refractivity contribution in [3.05, 3.63) is 0 Å². The molecular weight excluding hydrogens is 228 g/mol. The van der Waals surface area contributed by atoms with E-state index in [0.717, 1.165) is 32.0 Å². The summed E-state index contributed by atoms with van der Waals surface area (Å²) >= 11 is 0. The summed E-state index contributed by atoms with van der Waals surface area (Å²) in [6.07, 6.45) is 6.49. The Bertz CT molecular complexity index is 279. The number of carbonyl (C=O) groups is 1. The third-order valence-corrected chi connectivity index (χ3v) is 4.47. The van der Waals surface area contributed by atoms with Crippen molar-refractivity contribution >= 4 is 5.97 Å². The highest BCUT2D eigenvalue weighted by atomic mass is 16.4. The molecule has 0 spiro atoms. The van der Waals surface area contributed by atoms with Crippen molar-refractivity contribution in [3.8, 4) is 0 Å². The summed E-state index contributed by atoms with van der Waals surface area (Å²) in [4.78, 5) is 12.9. The highest BCUT2D eigenvalue weighted by Gasteiger charge is 2.28. The maximum atomic E-state index is 10.8. The molecule has 0 radical (unpaired) electrons. The minimum Gasteiger partial charge on any atom is -0.480 e. The van der Waals surface area contributed by atoms with Gasteiger partial charge in [0.2, 0.25) is 0 Å². The number of likely N-dealkylation sites (tertiary alicyclic amines) is 1. The van der Waals surface area contributed by atoms with Crippen molar-refractivity contribution in [2.75, 3.05) is 26.2 Å². The summed E-state index contributed by atoms with van der Waals surface area (Å²) in [5.74, 6) is 0.821. The van der Waals surface area contributed by atoms with Gasteiger partial charge < -0.3 is 10.4 Å². The van der Waals surface area contributed by atoms with Gasteiger partial charge in [0.05, 0.1) is 6.54 Å². The summed E-state index contributed by atoms with van der Waals surface area (Å²) in [5, 5.41) is 12.6. The van der Waals surface area contributed by atoms with Crippen LogP contribution in [-0.4, -0.2) is 48.2 Å². The fourth-order valence-corrected chi connectivity index (χ4v) is 3.10. The second-order valence-electron chi connectivity index (χ2n) is 6.00. The first kappa shape index (κ1) is 13.8. The lowest BCUT2D eigenvalue weighted by molar-refractivity contribution is -0.138. The zero-order valence-electron chi connectivity index (χ0n) is 11.4. The molecule has 18 heavy (non-hydrogen) atoms. The minimum atomic E-state index is -0.704. The molecule has 2 N–H and O–H groups in total. The average molecular weight is 254 g/mol. The molecule has 0 amide bonds. The van der Waals surface area contributed by atoms with E-state index in [1.165, 1.54) is 25.7 Å². The van der Waals surface area contributed by atoms with Gasteiger partial charge in [0.15, 0.2) is 0 Å². The predicted molar refractivity (Wildman–Crippen MR) is 71.6 cm³/mol. The lowest BCUT2D eigenvalue weighted by Crippen LogP contribution is -2.51. The standard InChI is InChI=1S/C14H26N2O2/c1-2-11-6-13(15-7-12-4-3-5-12)9-16(8-11)10-14(17)18/h11-13,15H,2-10H2,1H3,(H,17,18). The molecule has 2 rings (SSSR count). The van der Waals surface area contributed by atoms with Gasteiger partial charge in [-0.2, -0.15) is 0 Å². The smallest absolute Gasteiger partial charge is 0.317 e. The van der Waals surface area contributed by atoms with Gasteiger partial charge in [-0.3, -0.25) is 9.69 Å². The van der Waals surface area contributed by atoms with Crippen LogP contribution in [0.2, 0.25) is 0 Å². The fourth-order valence-electron chi connectivity index (χ4n) is 3.10. The van der Waals surface area contributed by atoms with Gasteiger partial charge in [-0.05, 0) is 37.6 Å². The van der Waals surface area contributed by atoms with E-state index in [2.05, 4.69) is 17.1 Å². The van der Waals surface area contributed by atoms with Gasteiger partial charge in [0.1, 0.15) is 0 Å². The Balaban J connectivity index is 1.78.